The van der Waals surface area contributed by atoms with Crippen LogP contribution in [0.3, 0.4) is 0 Å². The predicted octanol–water partition coefficient (Wildman–Crippen LogP) is 3.82. The van der Waals surface area contributed by atoms with Crippen molar-refractivity contribution in [2.75, 3.05) is 13.1 Å². The highest BCUT2D eigenvalue weighted by atomic mass is 35.5. The molecule has 0 bridgehead atoms. The molecule has 1 amide bonds. The van der Waals surface area contributed by atoms with Gasteiger partial charge in [0, 0.05) is 13.1 Å². The Balaban J connectivity index is 0.00000338. The Labute approximate surface area is 156 Å². The van der Waals surface area contributed by atoms with E-state index < -0.39 is 11.9 Å². The van der Waals surface area contributed by atoms with Gasteiger partial charge in [0.05, 0.1) is 11.3 Å². The van der Waals surface area contributed by atoms with Crippen molar-refractivity contribution in [2.45, 2.75) is 26.1 Å². The van der Waals surface area contributed by atoms with Crippen LogP contribution < -0.4 is 5.73 Å². The molecule has 4 nitrogen and oxygen atoms in total. The van der Waals surface area contributed by atoms with Crippen molar-refractivity contribution in [1.82, 2.24) is 9.88 Å². The van der Waals surface area contributed by atoms with Gasteiger partial charge in [-0.15, -0.1) is 12.4 Å². The molecule has 1 aromatic carbocycles. The Morgan fingerprint density at radius 1 is 1.15 bits per heavy atom. The first-order chi connectivity index (χ1) is 11.8. The second-order valence-corrected chi connectivity index (χ2v) is 5.68. The molecule has 2 rings (SSSR count). The number of nitrogens with zero attached hydrogens (tertiary/aromatic N) is 2. The van der Waals surface area contributed by atoms with Gasteiger partial charge >= 0.3 is 6.18 Å². The molecule has 26 heavy (non-hydrogen) atoms. The van der Waals surface area contributed by atoms with Crippen LogP contribution in [0, 0.1) is 6.92 Å². The third-order valence-electron chi connectivity index (χ3n) is 3.74. The molecule has 0 aliphatic carbocycles. The molecule has 1 heterocycles. The number of hydrogen-bond acceptors (Lipinski definition) is 3. The van der Waals surface area contributed by atoms with E-state index in [0.29, 0.717) is 26.1 Å². The minimum atomic E-state index is -4.53. The molecular formula is C18H21ClF3N3O. The van der Waals surface area contributed by atoms with E-state index in [4.69, 9.17) is 5.73 Å². The molecule has 0 aliphatic heterocycles. The van der Waals surface area contributed by atoms with E-state index in [1.807, 2.05) is 30.3 Å². The number of rotatable bonds is 6. The maximum absolute atomic E-state index is 12.8. The topological polar surface area (TPSA) is 59.2 Å². The Morgan fingerprint density at radius 3 is 2.35 bits per heavy atom. The lowest BCUT2D eigenvalue weighted by atomic mass is 10.1. The van der Waals surface area contributed by atoms with Gasteiger partial charge in [0.1, 0.15) is 5.69 Å². The largest absolute Gasteiger partial charge is 0.433 e. The average Bonchev–Trinajstić information content (AvgIpc) is 2.58. The van der Waals surface area contributed by atoms with Gasteiger partial charge in [-0.05, 0) is 37.6 Å². The lowest BCUT2D eigenvalue weighted by Gasteiger charge is -2.23. The van der Waals surface area contributed by atoms with Crippen LogP contribution in [0.4, 0.5) is 13.2 Å². The summed E-state index contributed by atoms with van der Waals surface area (Å²) >= 11 is 0. The highest BCUT2D eigenvalue weighted by Gasteiger charge is 2.33. The van der Waals surface area contributed by atoms with Crippen LogP contribution in [0.2, 0.25) is 0 Å². The molecule has 2 aromatic rings. The van der Waals surface area contributed by atoms with Crippen molar-refractivity contribution < 1.29 is 18.0 Å². The van der Waals surface area contributed by atoms with Crippen LogP contribution in [-0.4, -0.2) is 28.9 Å². The van der Waals surface area contributed by atoms with E-state index in [-0.39, 0.29) is 29.6 Å². The van der Waals surface area contributed by atoms with Crippen LogP contribution >= 0.6 is 12.4 Å². The summed E-state index contributed by atoms with van der Waals surface area (Å²) in [5.41, 5.74) is 5.69. The molecule has 2 N–H and O–H groups in total. The molecule has 0 saturated carbocycles. The van der Waals surface area contributed by atoms with Crippen LogP contribution in [0.25, 0.3) is 0 Å². The maximum atomic E-state index is 12.8. The fourth-order valence-electron chi connectivity index (χ4n) is 2.45. The number of amides is 1. The Morgan fingerprint density at radius 2 is 1.81 bits per heavy atom. The fourth-order valence-corrected chi connectivity index (χ4v) is 2.45. The molecule has 8 heteroatoms. The number of aromatic nitrogens is 1. The normalized spacial score (nSPS) is 11.0. The Kier molecular flexibility index (Phi) is 8.05. The summed E-state index contributed by atoms with van der Waals surface area (Å²) in [6.45, 7) is 2.61. The summed E-state index contributed by atoms with van der Waals surface area (Å²) in [7, 11) is 0. The number of halogens is 4. The first kappa shape index (κ1) is 21.9. The van der Waals surface area contributed by atoms with Crippen molar-refractivity contribution in [2.24, 2.45) is 5.73 Å². The molecule has 142 valence electrons. The molecular weight excluding hydrogens is 367 g/mol. The van der Waals surface area contributed by atoms with Crippen molar-refractivity contribution in [3.8, 4) is 0 Å². The first-order valence-electron chi connectivity index (χ1n) is 7.91. The van der Waals surface area contributed by atoms with Gasteiger partial charge in [-0.2, -0.15) is 13.2 Å². The number of benzene rings is 1. The lowest BCUT2D eigenvalue weighted by Crippen LogP contribution is -2.33. The van der Waals surface area contributed by atoms with Crippen molar-refractivity contribution >= 4 is 18.3 Å². The number of carbonyl (C=O) groups excluding carboxylic acids is 1. The summed E-state index contributed by atoms with van der Waals surface area (Å²) in [6, 6.07) is 11.4. The highest BCUT2D eigenvalue weighted by molar-refractivity contribution is 5.95. The van der Waals surface area contributed by atoms with Crippen LogP contribution in [-0.2, 0) is 12.7 Å². The SMILES string of the molecule is Cc1nc(C(F)(F)F)ccc1C(=O)N(CCCN)Cc1ccccc1.Cl. The van der Waals surface area contributed by atoms with Gasteiger partial charge in [-0.1, -0.05) is 30.3 Å². The number of pyridine rings is 1. The molecule has 0 saturated heterocycles. The van der Waals surface area contributed by atoms with Crippen molar-refractivity contribution in [3.05, 3.63) is 65.0 Å². The second kappa shape index (κ2) is 9.54. The third-order valence-corrected chi connectivity index (χ3v) is 3.74. The molecule has 0 atom stereocenters. The first-order valence-corrected chi connectivity index (χ1v) is 7.91. The third kappa shape index (κ3) is 5.71. The smallest absolute Gasteiger partial charge is 0.334 e. The van der Waals surface area contributed by atoms with E-state index in [1.54, 1.807) is 4.90 Å². The van der Waals surface area contributed by atoms with E-state index in [2.05, 4.69) is 4.98 Å². The fraction of sp³-hybridized carbons (Fsp3) is 0.333. The summed E-state index contributed by atoms with van der Waals surface area (Å²) in [4.78, 5) is 17.9. The molecule has 0 unspecified atom stereocenters. The average molecular weight is 388 g/mol. The monoisotopic (exact) mass is 387 g/mol. The van der Waals surface area contributed by atoms with Gasteiger partial charge in [0.25, 0.3) is 5.91 Å². The molecule has 1 aromatic heterocycles. The molecule has 0 spiro atoms. The van der Waals surface area contributed by atoms with E-state index in [9.17, 15) is 18.0 Å². The molecule has 0 radical (unpaired) electrons. The van der Waals surface area contributed by atoms with E-state index in [0.717, 1.165) is 11.6 Å². The highest BCUT2D eigenvalue weighted by Crippen LogP contribution is 2.28. The van der Waals surface area contributed by atoms with Gasteiger partial charge in [-0.3, -0.25) is 4.79 Å². The van der Waals surface area contributed by atoms with Gasteiger partial charge in [0.2, 0.25) is 0 Å². The Hall–Kier alpha value is -2.12. The standard InChI is InChI=1S/C18H20F3N3O.ClH/c1-13-15(8-9-16(23-13)18(19,20)21)17(25)24(11-5-10-22)12-14-6-3-2-4-7-14;/h2-4,6-9H,5,10-12,22H2,1H3;1H. The molecule has 0 fully saturated rings. The number of carbonyl (C=O) groups is 1. The Bertz CT molecular complexity index is 723. The van der Waals surface area contributed by atoms with Gasteiger partial charge < -0.3 is 10.6 Å². The van der Waals surface area contributed by atoms with Crippen LogP contribution in [0.1, 0.15) is 33.7 Å². The summed E-state index contributed by atoms with van der Waals surface area (Å²) in [5.74, 6) is -0.351. The molecule has 0 aliphatic rings. The second-order valence-electron chi connectivity index (χ2n) is 5.68. The van der Waals surface area contributed by atoms with Crippen LogP contribution in [0.15, 0.2) is 42.5 Å². The predicted molar refractivity (Wildman–Crippen MR) is 96.1 cm³/mol. The zero-order valence-electron chi connectivity index (χ0n) is 14.3. The maximum Gasteiger partial charge on any atom is 0.433 e. The number of aryl methyl sites for hydroxylation is 1. The summed E-state index contributed by atoms with van der Waals surface area (Å²) < 4.78 is 38.2. The van der Waals surface area contributed by atoms with Gasteiger partial charge in [-0.25, -0.2) is 4.98 Å². The zero-order valence-corrected chi connectivity index (χ0v) is 15.1. The summed E-state index contributed by atoms with van der Waals surface area (Å²) in [6.07, 6.45) is -3.93. The van der Waals surface area contributed by atoms with Crippen molar-refractivity contribution in [3.63, 3.8) is 0 Å². The van der Waals surface area contributed by atoms with Crippen molar-refractivity contribution in [1.29, 1.82) is 0 Å². The van der Waals surface area contributed by atoms with E-state index in [1.165, 1.54) is 13.0 Å². The lowest BCUT2D eigenvalue weighted by molar-refractivity contribution is -0.141. The number of alkyl halides is 3. The quantitative estimate of drug-likeness (QED) is 0.819. The van der Waals surface area contributed by atoms with Crippen LogP contribution in [0.5, 0.6) is 0 Å². The zero-order chi connectivity index (χ0) is 18.4. The van der Waals surface area contributed by atoms with E-state index >= 15 is 0 Å². The minimum Gasteiger partial charge on any atom is -0.334 e. The summed E-state index contributed by atoms with van der Waals surface area (Å²) in [5, 5.41) is 0. The number of nitrogens with two attached hydrogens (primary N) is 1. The minimum absolute atomic E-state index is 0. The number of hydrogen-bond donors (Lipinski definition) is 1. The van der Waals surface area contributed by atoms with Gasteiger partial charge in [0.15, 0.2) is 0 Å².